The van der Waals surface area contributed by atoms with E-state index in [0.29, 0.717) is 25.2 Å². The molecule has 1 aromatic rings. The van der Waals surface area contributed by atoms with Gasteiger partial charge < -0.3 is 19.9 Å². The monoisotopic (exact) mass is 344 g/mol. The second-order valence-corrected chi connectivity index (χ2v) is 6.17. The highest BCUT2D eigenvalue weighted by Gasteiger charge is 2.22. The normalized spacial score (nSPS) is 18.7. The van der Waals surface area contributed by atoms with Gasteiger partial charge in [-0.15, -0.1) is 0 Å². The van der Waals surface area contributed by atoms with Gasteiger partial charge >= 0.3 is 6.03 Å². The Labute approximate surface area is 148 Å². The van der Waals surface area contributed by atoms with Crippen LogP contribution in [-0.2, 0) is 4.74 Å². The Morgan fingerprint density at radius 1 is 1.24 bits per heavy atom. The van der Waals surface area contributed by atoms with Crippen molar-refractivity contribution < 1.29 is 9.53 Å². The van der Waals surface area contributed by atoms with Crippen molar-refractivity contribution >= 4 is 11.8 Å². The molecule has 1 N–H and O–H groups in total. The first kappa shape index (κ1) is 17.5. The van der Waals surface area contributed by atoms with Crippen LogP contribution in [0.25, 0.3) is 0 Å². The summed E-state index contributed by atoms with van der Waals surface area (Å²) in [6, 6.07) is 5.61. The predicted octanol–water partition coefficient (Wildman–Crippen LogP) is 0.117. The molecular formula is C17H24N6O2. The number of carbonyl (C=O) groups excluding carboxylic acids is 1. The van der Waals surface area contributed by atoms with Gasteiger partial charge in [0, 0.05) is 58.6 Å². The van der Waals surface area contributed by atoms with Crippen molar-refractivity contribution in [2.24, 2.45) is 0 Å². The van der Waals surface area contributed by atoms with Crippen LogP contribution in [0.4, 0.5) is 10.6 Å². The number of morpholine rings is 1. The highest BCUT2D eigenvalue weighted by Crippen LogP contribution is 2.14. The van der Waals surface area contributed by atoms with Crippen molar-refractivity contribution in [1.29, 1.82) is 5.26 Å². The molecule has 2 aliphatic rings. The minimum absolute atomic E-state index is 0.00774. The molecule has 0 spiro atoms. The molecule has 0 aliphatic carbocycles. The molecule has 8 heteroatoms. The number of hydrogen-bond acceptors (Lipinski definition) is 6. The number of pyridine rings is 1. The third-order valence-electron chi connectivity index (χ3n) is 4.57. The van der Waals surface area contributed by atoms with E-state index in [4.69, 9.17) is 10.00 Å². The fraction of sp³-hybridized carbons (Fsp3) is 0.588. The predicted molar refractivity (Wildman–Crippen MR) is 93.4 cm³/mol. The van der Waals surface area contributed by atoms with Crippen LogP contribution in [0.3, 0.4) is 0 Å². The summed E-state index contributed by atoms with van der Waals surface area (Å²) >= 11 is 0. The lowest BCUT2D eigenvalue weighted by Crippen LogP contribution is -2.53. The molecule has 134 valence electrons. The van der Waals surface area contributed by atoms with Gasteiger partial charge in [0.15, 0.2) is 0 Å². The Morgan fingerprint density at radius 2 is 2.00 bits per heavy atom. The van der Waals surface area contributed by atoms with Crippen LogP contribution in [-0.4, -0.2) is 86.4 Å². The van der Waals surface area contributed by atoms with Crippen molar-refractivity contribution in [3.63, 3.8) is 0 Å². The summed E-state index contributed by atoms with van der Waals surface area (Å²) in [7, 11) is 0. The quantitative estimate of drug-likeness (QED) is 0.835. The Hall–Kier alpha value is -2.37. The topological polar surface area (TPSA) is 84.7 Å². The van der Waals surface area contributed by atoms with Crippen molar-refractivity contribution in [3.8, 4) is 6.07 Å². The van der Waals surface area contributed by atoms with Gasteiger partial charge in [-0.05, 0) is 12.1 Å². The summed E-state index contributed by atoms with van der Waals surface area (Å²) in [4.78, 5) is 22.8. The number of urea groups is 1. The molecule has 25 heavy (non-hydrogen) atoms. The van der Waals surface area contributed by atoms with Crippen LogP contribution in [0.1, 0.15) is 5.56 Å². The number of rotatable bonds is 4. The molecule has 0 saturated carbocycles. The summed E-state index contributed by atoms with van der Waals surface area (Å²) in [5.74, 6) is 0.798. The molecule has 0 bridgehead atoms. The van der Waals surface area contributed by atoms with E-state index in [1.54, 1.807) is 18.3 Å². The van der Waals surface area contributed by atoms with Gasteiger partial charge in [0.2, 0.25) is 0 Å². The van der Waals surface area contributed by atoms with Gasteiger partial charge in [-0.2, -0.15) is 5.26 Å². The number of anilines is 1. The maximum Gasteiger partial charge on any atom is 0.317 e. The minimum Gasteiger partial charge on any atom is -0.379 e. The van der Waals surface area contributed by atoms with Crippen LogP contribution in [0.2, 0.25) is 0 Å². The van der Waals surface area contributed by atoms with Crippen LogP contribution < -0.4 is 10.2 Å². The number of aromatic nitrogens is 1. The second-order valence-electron chi connectivity index (χ2n) is 6.17. The van der Waals surface area contributed by atoms with E-state index >= 15 is 0 Å². The van der Waals surface area contributed by atoms with E-state index in [1.165, 1.54) is 0 Å². The molecule has 2 saturated heterocycles. The standard InChI is InChI=1S/C17H24N6O2/c18-14-15-1-2-19-16(13-15)22-5-7-23(8-6-22)17(24)20-3-4-21-9-11-25-12-10-21/h1-2,13H,3-12H2,(H,20,24). The number of nitrogens with zero attached hydrogens (tertiary/aromatic N) is 5. The molecule has 0 aromatic carbocycles. The zero-order chi connectivity index (χ0) is 17.5. The summed E-state index contributed by atoms with van der Waals surface area (Å²) in [5, 5.41) is 12.0. The van der Waals surface area contributed by atoms with Crippen LogP contribution >= 0.6 is 0 Å². The Morgan fingerprint density at radius 3 is 2.72 bits per heavy atom. The average Bonchev–Trinajstić information content (AvgIpc) is 2.69. The van der Waals surface area contributed by atoms with Crippen LogP contribution in [0.5, 0.6) is 0 Å². The first-order chi connectivity index (χ1) is 12.3. The number of hydrogen-bond donors (Lipinski definition) is 1. The summed E-state index contributed by atoms with van der Waals surface area (Å²) in [6.45, 7) is 7.69. The van der Waals surface area contributed by atoms with Crippen molar-refractivity contribution in [2.45, 2.75) is 0 Å². The van der Waals surface area contributed by atoms with Gasteiger partial charge in [-0.25, -0.2) is 9.78 Å². The van der Waals surface area contributed by atoms with E-state index in [9.17, 15) is 4.79 Å². The minimum atomic E-state index is -0.00774. The molecule has 3 heterocycles. The molecular weight excluding hydrogens is 320 g/mol. The largest absolute Gasteiger partial charge is 0.379 e. The maximum atomic E-state index is 12.3. The third kappa shape index (κ3) is 4.81. The zero-order valence-corrected chi connectivity index (χ0v) is 14.4. The first-order valence-electron chi connectivity index (χ1n) is 8.70. The highest BCUT2D eigenvalue weighted by atomic mass is 16.5. The fourth-order valence-electron chi connectivity index (χ4n) is 3.06. The summed E-state index contributed by atoms with van der Waals surface area (Å²) in [6.07, 6.45) is 1.65. The molecule has 0 atom stereocenters. The average molecular weight is 344 g/mol. The van der Waals surface area contributed by atoms with E-state index < -0.39 is 0 Å². The third-order valence-corrected chi connectivity index (χ3v) is 4.57. The lowest BCUT2D eigenvalue weighted by atomic mass is 10.2. The van der Waals surface area contributed by atoms with Gasteiger partial charge in [-0.3, -0.25) is 4.90 Å². The molecule has 8 nitrogen and oxygen atoms in total. The molecule has 2 fully saturated rings. The van der Waals surface area contributed by atoms with Crippen molar-refractivity contribution in [1.82, 2.24) is 20.1 Å². The van der Waals surface area contributed by atoms with Gasteiger partial charge in [0.05, 0.1) is 24.8 Å². The van der Waals surface area contributed by atoms with E-state index in [-0.39, 0.29) is 6.03 Å². The van der Waals surface area contributed by atoms with Gasteiger partial charge in [0.25, 0.3) is 0 Å². The smallest absolute Gasteiger partial charge is 0.317 e. The van der Waals surface area contributed by atoms with Crippen LogP contribution in [0.15, 0.2) is 18.3 Å². The molecule has 3 rings (SSSR count). The van der Waals surface area contributed by atoms with Crippen molar-refractivity contribution in [3.05, 3.63) is 23.9 Å². The van der Waals surface area contributed by atoms with Gasteiger partial charge in [0.1, 0.15) is 5.82 Å². The number of carbonyl (C=O) groups is 1. The lowest BCUT2D eigenvalue weighted by Gasteiger charge is -2.35. The molecule has 0 radical (unpaired) electrons. The fourth-order valence-corrected chi connectivity index (χ4v) is 3.06. The number of amides is 2. The second kappa shape index (κ2) is 8.65. The maximum absolute atomic E-state index is 12.3. The molecule has 0 unspecified atom stereocenters. The van der Waals surface area contributed by atoms with Gasteiger partial charge in [-0.1, -0.05) is 0 Å². The molecule has 2 aliphatic heterocycles. The van der Waals surface area contributed by atoms with Crippen molar-refractivity contribution in [2.75, 3.05) is 70.5 Å². The summed E-state index contributed by atoms with van der Waals surface area (Å²) in [5.41, 5.74) is 0.605. The SMILES string of the molecule is N#Cc1ccnc(N2CCN(C(=O)NCCN3CCOCC3)CC2)c1. The Balaban J connectivity index is 1.40. The zero-order valence-electron chi connectivity index (χ0n) is 14.4. The lowest BCUT2D eigenvalue weighted by molar-refractivity contribution is 0.0386. The van der Waals surface area contributed by atoms with Crippen LogP contribution in [0, 0.1) is 11.3 Å². The highest BCUT2D eigenvalue weighted by molar-refractivity contribution is 5.74. The molecule has 2 amide bonds. The van der Waals surface area contributed by atoms with E-state index in [1.807, 2.05) is 4.90 Å². The Kier molecular flexibility index (Phi) is 6.04. The number of nitrogens with one attached hydrogen (secondary N) is 1. The number of piperazine rings is 1. The summed E-state index contributed by atoms with van der Waals surface area (Å²) < 4.78 is 5.32. The van der Waals surface area contributed by atoms with E-state index in [2.05, 4.69) is 26.2 Å². The number of nitriles is 1. The number of ether oxygens (including phenoxy) is 1. The Bertz CT molecular complexity index is 618. The first-order valence-corrected chi connectivity index (χ1v) is 8.70. The molecule has 1 aromatic heterocycles. The van der Waals surface area contributed by atoms with E-state index in [0.717, 1.165) is 51.8 Å².